The third-order valence-electron chi connectivity index (χ3n) is 6.15. The molecule has 8 atom stereocenters. The van der Waals surface area contributed by atoms with E-state index in [9.17, 15) is 15.0 Å². The van der Waals surface area contributed by atoms with Crippen LogP contribution in [0.15, 0.2) is 12.2 Å². The van der Waals surface area contributed by atoms with Crippen molar-refractivity contribution in [3.05, 3.63) is 12.2 Å². The lowest BCUT2D eigenvalue weighted by atomic mass is 9.83. The van der Waals surface area contributed by atoms with Gasteiger partial charge in [0.25, 0.3) is 0 Å². The van der Waals surface area contributed by atoms with Crippen LogP contribution in [0.4, 0.5) is 0 Å². The number of hydrogen-bond donors (Lipinski definition) is 2. The molecule has 162 valence electrons. The lowest BCUT2D eigenvalue weighted by Gasteiger charge is -2.37. The maximum atomic E-state index is 12.0. The molecule has 28 heavy (non-hydrogen) atoms. The van der Waals surface area contributed by atoms with Gasteiger partial charge in [0, 0.05) is 25.9 Å². The molecule has 0 bridgehead atoms. The van der Waals surface area contributed by atoms with Crippen LogP contribution in [-0.4, -0.2) is 73.6 Å². The quantitative estimate of drug-likeness (QED) is 0.450. The molecule has 0 saturated carbocycles. The lowest BCUT2D eigenvalue weighted by Crippen LogP contribution is -2.38. The zero-order valence-electron chi connectivity index (χ0n) is 17.5. The normalized spacial score (nSPS) is 37.1. The minimum Gasteiger partial charge on any atom is -0.469 e. The summed E-state index contributed by atoms with van der Waals surface area (Å²) in [4.78, 5) is 12.0. The Labute approximate surface area is 168 Å². The predicted octanol–water partition coefficient (Wildman–Crippen LogP) is 1.84. The first-order valence-corrected chi connectivity index (χ1v) is 10.2. The van der Waals surface area contributed by atoms with E-state index in [1.54, 1.807) is 7.11 Å². The first-order chi connectivity index (χ1) is 13.3. The van der Waals surface area contributed by atoms with Crippen LogP contribution in [0.25, 0.3) is 0 Å². The van der Waals surface area contributed by atoms with Crippen molar-refractivity contribution < 1.29 is 34.0 Å². The molecule has 0 aromatic rings. The van der Waals surface area contributed by atoms with Crippen LogP contribution in [0.5, 0.6) is 0 Å². The number of esters is 1. The van der Waals surface area contributed by atoms with Crippen molar-refractivity contribution in [2.45, 2.75) is 82.6 Å². The second-order valence-corrected chi connectivity index (χ2v) is 8.03. The fourth-order valence-electron chi connectivity index (χ4n) is 4.42. The maximum absolute atomic E-state index is 12.0. The fourth-order valence-corrected chi connectivity index (χ4v) is 4.42. The van der Waals surface area contributed by atoms with E-state index < -0.39 is 12.2 Å². The number of aliphatic hydroxyl groups is 2. The van der Waals surface area contributed by atoms with Crippen LogP contribution in [-0.2, 0) is 23.7 Å². The Morgan fingerprint density at radius 2 is 2.04 bits per heavy atom. The highest BCUT2D eigenvalue weighted by molar-refractivity contribution is 5.69. The molecule has 7 heteroatoms. The van der Waals surface area contributed by atoms with Crippen molar-refractivity contribution in [3.8, 4) is 0 Å². The molecule has 2 aliphatic heterocycles. The molecule has 0 radical (unpaired) electrons. The van der Waals surface area contributed by atoms with Crippen molar-refractivity contribution in [2.24, 2.45) is 11.8 Å². The Morgan fingerprint density at radius 1 is 1.32 bits per heavy atom. The smallest absolute Gasteiger partial charge is 0.305 e. The van der Waals surface area contributed by atoms with E-state index in [4.69, 9.17) is 18.9 Å². The summed E-state index contributed by atoms with van der Waals surface area (Å²) in [5.41, 5.74) is 1.05. The van der Waals surface area contributed by atoms with Gasteiger partial charge in [0.15, 0.2) is 0 Å². The summed E-state index contributed by atoms with van der Waals surface area (Å²) in [7, 11) is 2.94. The number of methoxy groups -OCH3 is 2. The summed E-state index contributed by atoms with van der Waals surface area (Å²) >= 11 is 0. The van der Waals surface area contributed by atoms with E-state index in [1.807, 2.05) is 0 Å². The Kier molecular flexibility index (Phi) is 8.89. The Balaban J connectivity index is 2.17. The van der Waals surface area contributed by atoms with E-state index in [1.165, 1.54) is 7.11 Å². The standard InChI is InChI=1S/C21H36O7/c1-6-15-7-12(2)13(3)17(27-15)10-18-16(9-20(24)25-4)21(26-5)19(28-18)8-14(23)11-22/h12,14-19,21-23H,3,6-11H2,1-2,4-5H3/t12?,14?,15?,16?,17?,18-,19?,21+/m0/s1. The van der Waals surface area contributed by atoms with Gasteiger partial charge in [0.05, 0.1) is 56.8 Å². The summed E-state index contributed by atoms with van der Waals surface area (Å²) in [6.45, 7) is 8.17. The van der Waals surface area contributed by atoms with Gasteiger partial charge in [-0.25, -0.2) is 0 Å². The first-order valence-electron chi connectivity index (χ1n) is 10.2. The van der Waals surface area contributed by atoms with Gasteiger partial charge in [0.1, 0.15) is 0 Å². The zero-order chi connectivity index (χ0) is 20.8. The molecule has 2 aliphatic rings. The molecule has 7 nitrogen and oxygen atoms in total. The third-order valence-corrected chi connectivity index (χ3v) is 6.15. The van der Waals surface area contributed by atoms with Crippen molar-refractivity contribution in [1.82, 2.24) is 0 Å². The third kappa shape index (κ3) is 5.54. The Bertz CT molecular complexity index is 523. The van der Waals surface area contributed by atoms with Crippen LogP contribution >= 0.6 is 0 Å². The van der Waals surface area contributed by atoms with Crippen LogP contribution in [0.3, 0.4) is 0 Å². The Morgan fingerprint density at radius 3 is 2.61 bits per heavy atom. The highest BCUT2D eigenvalue weighted by Gasteiger charge is 2.47. The number of aliphatic hydroxyl groups excluding tert-OH is 2. The van der Waals surface area contributed by atoms with Crippen LogP contribution < -0.4 is 0 Å². The topological polar surface area (TPSA) is 94.5 Å². The molecule has 2 N–H and O–H groups in total. The zero-order valence-corrected chi connectivity index (χ0v) is 17.5. The fraction of sp³-hybridized carbons (Fsp3) is 0.857. The van der Waals surface area contributed by atoms with Crippen molar-refractivity contribution in [3.63, 3.8) is 0 Å². The molecule has 0 spiro atoms. The molecular weight excluding hydrogens is 364 g/mol. The number of ether oxygens (including phenoxy) is 4. The summed E-state index contributed by atoms with van der Waals surface area (Å²) < 4.78 is 23.0. The molecule has 2 fully saturated rings. The average Bonchev–Trinajstić information content (AvgIpc) is 3.00. The molecule has 0 amide bonds. The van der Waals surface area contributed by atoms with E-state index in [2.05, 4.69) is 20.4 Å². The Hall–Kier alpha value is -0.990. The van der Waals surface area contributed by atoms with Crippen molar-refractivity contribution in [2.75, 3.05) is 20.8 Å². The molecule has 2 heterocycles. The second kappa shape index (κ2) is 10.7. The minimum absolute atomic E-state index is 0.141. The summed E-state index contributed by atoms with van der Waals surface area (Å²) in [5, 5.41) is 19.1. The number of carbonyl (C=O) groups is 1. The highest BCUT2D eigenvalue weighted by Crippen LogP contribution is 2.40. The summed E-state index contributed by atoms with van der Waals surface area (Å²) in [6, 6.07) is 0. The van der Waals surface area contributed by atoms with Gasteiger partial charge in [-0.05, 0) is 24.3 Å². The van der Waals surface area contributed by atoms with Crippen LogP contribution in [0.2, 0.25) is 0 Å². The molecule has 6 unspecified atom stereocenters. The highest BCUT2D eigenvalue weighted by atomic mass is 16.6. The van der Waals surface area contributed by atoms with Gasteiger partial charge in [-0.2, -0.15) is 0 Å². The largest absolute Gasteiger partial charge is 0.469 e. The maximum Gasteiger partial charge on any atom is 0.305 e. The van der Waals surface area contributed by atoms with Gasteiger partial charge in [-0.1, -0.05) is 20.4 Å². The van der Waals surface area contributed by atoms with Crippen LogP contribution in [0.1, 0.15) is 46.0 Å². The minimum atomic E-state index is -0.898. The average molecular weight is 401 g/mol. The lowest BCUT2D eigenvalue weighted by molar-refractivity contribution is -0.143. The van der Waals surface area contributed by atoms with Crippen LogP contribution in [0, 0.1) is 11.8 Å². The van der Waals surface area contributed by atoms with E-state index in [0.29, 0.717) is 12.3 Å². The molecule has 0 aromatic carbocycles. The van der Waals surface area contributed by atoms with Crippen molar-refractivity contribution >= 4 is 5.97 Å². The van der Waals surface area contributed by atoms with E-state index in [-0.39, 0.29) is 55.8 Å². The molecule has 0 aromatic heterocycles. The van der Waals surface area contributed by atoms with E-state index >= 15 is 0 Å². The molecule has 0 aliphatic carbocycles. The van der Waals surface area contributed by atoms with Crippen molar-refractivity contribution in [1.29, 1.82) is 0 Å². The molecule has 2 saturated heterocycles. The van der Waals surface area contributed by atoms with Gasteiger partial charge in [-0.3, -0.25) is 4.79 Å². The van der Waals surface area contributed by atoms with E-state index in [0.717, 1.165) is 18.4 Å². The molecule has 2 rings (SSSR count). The SMILES string of the molecule is C=C1C(C)CC(CC)OC1C[C@@H]1OC(CC(O)CO)[C@H](OC)C1CC(=O)OC. The summed E-state index contributed by atoms with van der Waals surface area (Å²) in [5.74, 6) is -0.177. The number of carbonyl (C=O) groups excluding carboxylic acids is 1. The van der Waals surface area contributed by atoms with Gasteiger partial charge >= 0.3 is 5.97 Å². The number of rotatable bonds is 9. The van der Waals surface area contributed by atoms with Gasteiger partial charge < -0.3 is 29.2 Å². The van der Waals surface area contributed by atoms with Gasteiger partial charge in [0.2, 0.25) is 0 Å². The number of hydrogen-bond acceptors (Lipinski definition) is 7. The summed E-state index contributed by atoms with van der Waals surface area (Å²) in [6.07, 6.45) is 0.967. The predicted molar refractivity (Wildman–Crippen MR) is 104 cm³/mol. The molecular formula is C21H36O7. The monoisotopic (exact) mass is 400 g/mol. The second-order valence-electron chi connectivity index (χ2n) is 8.03. The van der Waals surface area contributed by atoms with Gasteiger partial charge in [-0.15, -0.1) is 0 Å². The first kappa shape index (κ1) is 23.3.